The van der Waals surface area contributed by atoms with Gasteiger partial charge in [-0.3, -0.25) is 0 Å². The molecule has 2 unspecified atom stereocenters. The zero-order valence-corrected chi connectivity index (χ0v) is 10.8. The lowest BCUT2D eigenvalue weighted by atomic mass is 10.1. The molecule has 1 aromatic carbocycles. The molecule has 0 aromatic heterocycles. The van der Waals surface area contributed by atoms with Crippen LogP contribution >= 0.6 is 11.8 Å². The first kappa shape index (κ1) is 12.1. The molecule has 1 aliphatic carbocycles. The van der Waals surface area contributed by atoms with Crippen molar-refractivity contribution < 1.29 is 0 Å². The van der Waals surface area contributed by atoms with Crippen molar-refractivity contribution >= 4 is 23.1 Å². The molecule has 3 N–H and O–H groups in total. The van der Waals surface area contributed by atoms with Crippen LogP contribution in [0.5, 0.6) is 0 Å². The molecule has 4 heteroatoms. The third-order valence-electron chi connectivity index (χ3n) is 3.26. The summed E-state index contributed by atoms with van der Waals surface area (Å²) in [6, 6.07) is 8.14. The standard InChI is InChI=1S/C13H17N3S/c1-17-13-4-2-3-12(13)16-11-6-5-10(15)7-9(11)8-14/h5-7,12-13,16H,2-4,15H2,1H3. The number of hydrogen-bond donors (Lipinski definition) is 2. The van der Waals surface area contributed by atoms with E-state index in [1.807, 2.05) is 23.9 Å². The first-order chi connectivity index (χ1) is 8.24. The van der Waals surface area contributed by atoms with Crippen molar-refractivity contribution in [3.05, 3.63) is 23.8 Å². The zero-order chi connectivity index (χ0) is 12.3. The number of nitrogen functional groups attached to an aromatic ring is 1. The zero-order valence-electron chi connectivity index (χ0n) is 9.94. The van der Waals surface area contributed by atoms with E-state index in [4.69, 9.17) is 11.0 Å². The van der Waals surface area contributed by atoms with Crippen molar-refractivity contribution in [3.8, 4) is 6.07 Å². The minimum absolute atomic E-state index is 0.473. The Labute approximate surface area is 106 Å². The predicted octanol–water partition coefficient (Wildman–Crippen LogP) is 2.84. The van der Waals surface area contributed by atoms with Crippen LogP contribution in [-0.4, -0.2) is 17.5 Å². The quantitative estimate of drug-likeness (QED) is 0.806. The number of nitriles is 1. The average molecular weight is 247 g/mol. The summed E-state index contributed by atoms with van der Waals surface area (Å²) in [5.74, 6) is 0. The van der Waals surface area contributed by atoms with Crippen molar-refractivity contribution in [3.63, 3.8) is 0 Å². The Morgan fingerprint density at radius 2 is 2.29 bits per heavy atom. The normalized spacial score (nSPS) is 23.3. The summed E-state index contributed by atoms with van der Waals surface area (Å²) >= 11 is 1.91. The van der Waals surface area contributed by atoms with Crippen LogP contribution in [0.25, 0.3) is 0 Å². The maximum Gasteiger partial charge on any atom is 0.101 e. The average Bonchev–Trinajstić information content (AvgIpc) is 2.78. The van der Waals surface area contributed by atoms with E-state index in [-0.39, 0.29) is 0 Å². The fraction of sp³-hybridized carbons (Fsp3) is 0.462. The van der Waals surface area contributed by atoms with Gasteiger partial charge in [0.05, 0.1) is 11.3 Å². The third kappa shape index (κ3) is 2.67. The molecule has 0 saturated heterocycles. The van der Waals surface area contributed by atoms with E-state index in [9.17, 15) is 0 Å². The second kappa shape index (κ2) is 5.33. The van der Waals surface area contributed by atoms with E-state index in [2.05, 4.69) is 17.6 Å². The van der Waals surface area contributed by atoms with Gasteiger partial charge in [-0.25, -0.2) is 0 Å². The molecule has 0 bridgehead atoms. The van der Waals surface area contributed by atoms with Crippen LogP contribution in [0.2, 0.25) is 0 Å². The summed E-state index contributed by atoms with van der Waals surface area (Å²) in [6.45, 7) is 0. The van der Waals surface area contributed by atoms with Crippen LogP contribution < -0.4 is 11.1 Å². The maximum atomic E-state index is 9.09. The number of rotatable bonds is 3. The number of thioether (sulfide) groups is 1. The van der Waals surface area contributed by atoms with Crippen molar-refractivity contribution in [1.29, 1.82) is 5.26 Å². The van der Waals surface area contributed by atoms with Gasteiger partial charge in [0.2, 0.25) is 0 Å². The van der Waals surface area contributed by atoms with E-state index >= 15 is 0 Å². The molecule has 2 rings (SSSR count). The molecule has 17 heavy (non-hydrogen) atoms. The molecule has 90 valence electrons. The summed E-state index contributed by atoms with van der Waals surface area (Å²) < 4.78 is 0. The molecule has 0 radical (unpaired) electrons. The van der Waals surface area contributed by atoms with Crippen LogP contribution in [0, 0.1) is 11.3 Å². The van der Waals surface area contributed by atoms with Gasteiger partial charge in [0.1, 0.15) is 6.07 Å². The molecule has 3 nitrogen and oxygen atoms in total. The maximum absolute atomic E-state index is 9.09. The minimum Gasteiger partial charge on any atom is -0.399 e. The van der Waals surface area contributed by atoms with Gasteiger partial charge in [-0.05, 0) is 37.3 Å². The number of benzene rings is 1. The Bertz CT molecular complexity index is 439. The molecule has 0 spiro atoms. The Kier molecular flexibility index (Phi) is 3.80. The molecule has 1 aromatic rings. The monoisotopic (exact) mass is 247 g/mol. The van der Waals surface area contributed by atoms with Crippen molar-refractivity contribution in [2.45, 2.75) is 30.6 Å². The lowest BCUT2D eigenvalue weighted by Crippen LogP contribution is -2.26. The lowest BCUT2D eigenvalue weighted by molar-refractivity contribution is 0.768. The van der Waals surface area contributed by atoms with Crippen LogP contribution in [0.1, 0.15) is 24.8 Å². The molecular weight excluding hydrogens is 230 g/mol. The van der Waals surface area contributed by atoms with E-state index in [0.29, 0.717) is 22.5 Å². The molecule has 2 atom stereocenters. The molecule has 1 fully saturated rings. The van der Waals surface area contributed by atoms with Gasteiger partial charge in [-0.2, -0.15) is 17.0 Å². The van der Waals surface area contributed by atoms with Crippen LogP contribution in [0.15, 0.2) is 18.2 Å². The molecule has 1 saturated carbocycles. The number of nitrogens with zero attached hydrogens (tertiary/aromatic N) is 1. The number of anilines is 2. The van der Waals surface area contributed by atoms with Crippen molar-refractivity contribution in [1.82, 2.24) is 0 Å². The summed E-state index contributed by atoms with van der Waals surface area (Å²) in [4.78, 5) is 0. The van der Waals surface area contributed by atoms with Gasteiger partial charge in [0.15, 0.2) is 0 Å². The topological polar surface area (TPSA) is 61.8 Å². The van der Waals surface area contributed by atoms with Gasteiger partial charge in [-0.1, -0.05) is 6.42 Å². The fourth-order valence-corrected chi connectivity index (χ4v) is 3.29. The second-order valence-corrected chi connectivity index (χ2v) is 5.45. The van der Waals surface area contributed by atoms with Gasteiger partial charge < -0.3 is 11.1 Å². The summed E-state index contributed by atoms with van der Waals surface area (Å²) in [6.07, 6.45) is 5.86. The van der Waals surface area contributed by atoms with E-state index in [1.165, 1.54) is 19.3 Å². The smallest absolute Gasteiger partial charge is 0.101 e. The Hall–Kier alpha value is -1.34. The highest BCUT2D eigenvalue weighted by molar-refractivity contribution is 7.99. The summed E-state index contributed by atoms with van der Waals surface area (Å²) in [5, 5.41) is 13.2. The highest BCUT2D eigenvalue weighted by Gasteiger charge is 2.26. The SMILES string of the molecule is CSC1CCCC1Nc1ccc(N)cc1C#N. The largest absolute Gasteiger partial charge is 0.399 e. The minimum atomic E-state index is 0.473. The molecule has 0 amide bonds. The van der Waals surface area contributed by atoms with Crippen LogP contribution in [-0.2, 0) is 0 Å². The number of nitrogens with two attached hydrogens (primary N) is 1. The summed E-state index contributed by atoms with van der Waals surface area (Å²) in [7, 11) is 0. The van der Waals surface area contributed by atoms with E-state index in [1.54, 1.807) is 6.07 Å². The highest BCUT2D eigenvalue weighted by Crippen LogP contribution is 2.31. The second-order valence-electron chi connectivity index (χ2n) is 4.37. The Balaban J connectivity index is 2.16. The van der Waals surface area contributed by atoms with Gasteiger partial charge >= 0.3 is 0 Å². The predicted molar refractivity (Wildman–Crippen MR) is 74.1 cm³/mol. The van der Waals surface area contributed by atoms with Crippen molar-refractivity contribution in [2.75, 3.05) is 17.3 Å². The van der Waals surface area contributed by atoms with Gasteiger partial charge in [-0.15, -0.1) is 0 Å². The van der Waals surface area contributed by atoms with Crippen LogP contribution in [0.3, 0.4) is 0 Å². The first-order valence-corrected chi connectivity index (χ1v) is 7.12. The fourth-order valence-electron chi connectivity index (χ4n) is 2.35. The molecule has 0 aliphatic heterocycles. The molecule has 1 aliphatic rings. The lowest BCUT2D eigenvalue weighted by Gasteiger charge is -2.21. The van der Waals surface area contributed by atoms with Gasteiger partial charge in [0, 0.05) is 17.0 Å². The van der Waals surface area contributed by atoms with E-state index < -0.39 is 0 Å². The molecule has 0 heterocycles. The van der Waals surface area contributed by atoms with Gasteiger partial charge in [0.25, 0.3) is 0 Å². The van der Waals surface area contributed by atoms with Crippen LogP contribution in [0.4, 0.5) is 11.4 Å². The Morgan fingerprint density at radius 1 is 1.47 bits per heavy atom. The highest BCUT2D eigenvalue weighted by atomic mass is 32.2. The van der Waals surface area contributed by atoms with Crippen molar-refractivity contribution in [2.24, 2.45) is 0 Å². The van der Waals surface area contributed by atoms with E-state index in [0.717, 1.165) is 5.69 Å². The third-order valence-corrected chi connectivity index (χ3v) is 4.43. The number of nitrogens with one attached hydrogen (secondary N) is 1. The Morgan fingerprint density at radius 3 is 3.00 bits per heavy atom. The number of hydrogen-bond acceptors (Lipinski definition) is 4. The first-order valence-electron chi connectivity index (χ1n) is 5.83. The summed E-state index contributed by atoms with van der Waals surface area (Å²) in [5.41, 5.74) is 7.87. The molecular formula is C13H17N3S.